The highest BCUT2D eigenvalue weighted by atomic mass is 16.2. The van der Waals surface area contributed by atoms with Crippen LogP contribution in [0.15, 0.2) is 48.5 Å². The summed E-state index contributed by atoms with van der Waals surface area (Å²) in [6.07, 6.45) is 0.923. The summed E-state index contributed by atoms with van der Waals surface area (Å²) < 4.78 is 0. The van der Waals surface area contributed by atoms with Crippen LogP contribution in [0.3, 0.4) is 0 Å². The Morgan fingerprint density at radius 2 is 1.70 bits per heavy atom. The zero-order valence-corrected chi connectivity index (χ0v) is 11.2. The van der Waals surface area contributed by atoms with E-state index in [1.54, 1.807) is 36.4 Å². The number of anilines is 1. The molecule has 0 fully saturated rings. The van der Waals surface area contributed by atoms with Gasteiger partial charge in [-0.1, -0.05) is 31.2 Å². The van der Waals surface area contributed by atoms with Crippen molar-refractivity contribution < 1.29 is 9.59 Å². The molecule has 20 heavy (non-hydrogen) atoms. The number of para-hydroxylation sites is 1. The molecule has 2 aromatic rings. The molecule has 2 aromatic carbocycles. The Morgan fingerprint density at radius 3 is 2.30 bits per heavy atom. The molecule has 0 atom stereocenters. The quantitative estimate of drug-likeness (QED) is 0.894. The average Bonchev–Trinajstić information content (AvgIpc) is 2.47. The summed E-state index contributed by atoms with van der Waals surface area (Å²) in [4.78, 5) is 23.4. The van der Waals surface area contributed by atoms with Crippen LogP contribution in [0.5, 0.6) is 0 Å². The number of amides is 2. The maximum Gasteiger partial charge on any atom is 0.255 e. The number of rotatable bonds is 4. The topological polar surface area (TPSA) is 72.2 Å². The number of benzene rings is 2. The molecule has 102 valence electrons. The highest BCUT2D eigenvalue weighted by molar-refractivity contribution is 6.08. The fraction of sp³-hybridized carbons (Fsp3) is 0.125. The van der Waals surface area contributed by atoms with Gasteiger partial charge >= 0.3 is 0 Å². The number of hydrogen-bond acceptors (Lipinski definition) is 2. The van der Waals surface area contributed by atoms with Gasteiger partial charge in [0.1, 0.15) is 0 Å². The molecule has 0 saturated carbocycles. The van der Waals surface area contributed by atoms with Crippen LogP contribution in [-0.4, -0.2) is 11.8 Å². The number of nitrogens with one attached hydrogen (secondary N) is 1. The van der Waals surface area contributed by atoms with Crippen molar-refractivity contribution in [1.82, 2.24) is 0 Å². The van der Waals surface area contributed by atoms with E-state index in [0.29, 0.717) is 16.8 Å². The molecular formula is C16H16N2O2. The number of aryl methyl sites for hydroxylation is 1. The highest BCUT2D eigenvalue weighted by Crippen LogP contribution is 2.16. The molecule has 2 rings (SSSR count). The van der Waals surface area contributed by atoms with Crippen LogP contribution in [0.25, 0.3) is 0 Å². The van der Waals surface area contributed by atoms with Gasteiger partial charge in [0, 0.05) is 5.56 Å². The third-order valence-corrected chi connectivity index (χ3v) is 3.07. The van der Waals surface area contributed by atoms with Crippen LogP contribution in [0.1, 0.15) is 33.2 Å². The lowest BCUT2D eigenvalue weighted by molar-refractivity contribution is 0.100. The van der Waals surface area contributed by atoms with E-state index >= 15 is 0 Å². The number of primary amides is 1. The van der Waals surface area contributed by atoms with Gasteiger partial charge in [-0.25, -0.2) is 0 Å². The van der Waals surface area contributed by atoms with Crippen molar-refractivity contribution in [3.63, 3.8) is 0 Å². The minimum Gasteiger partial charge on any atom is -0.366 e. The van der Waals surface area contributed by atoms with Crippen LogP contribution in [0.4, 0.5) is 5.69 Å². The molecule has 0 aliphatic rings. The second-order valence-corrected chi connectivity index (χ2v) is 4.41. The monoisotopic (exact) mass is 268 g/mol. The van der Waals surface area contributed by atoms with Crippen molar-refractivity contribution in [2.24, 2.45) is 5.73 Å². The standard InChI is InChI=1S/C16H16N2O2/c1-2-11-7-9-12(10-8-11)16(20)18-14-6-4-3-5-13(14)15(17)19/h3-10H,2H2,1H3,(H2,17,19)(H,18,20). The van der Waals surface area contributed by atoms with E-state index in [1.807, 2.05) is 12.1 Å². The van der Waals surface area contributed by atoms with Crippen LogP contribution in [-0.2, 0) is 6.42 Å². The summed E-state index contributed by atoms with van der Waals surface area (Å²) in [6.45, 7) is 2.05. The summed E-state index contributed by atoms with van der Waals surface area (Å²) in [5.74, 6) is -0.830. The Kier molecular flexibility index (Phi) is 4.15. The number of nitrogens with two attached hydrogens (primary N) is 1. The van der Waals surface area contributed by atoms with E-state index in [2.05, 4.69) is 12.2 Å². The van der Waals surface area contributed by atoms with E-state index < -0.39 is 5.91 Å². The van der Waals surface area contributed by atoms with Crippen LogP contribution < -0.4 is 11.1 Å². The first-order valence-corrected chi connectivity index (χ1v) is 6.41. The van der Waals surface area contributed by atoms with Gasteiger partial charge in [-0.05, 0) is 36.2 Å². The highest BCUT2D eigenvalue weighted by Gasteiger charge is 2.11. The van der Waals surface area contributed by atoms with Crippen LogP contribution >= 0.6 is 0 Å². The lowest BCUT2D eigenvalue weighted by Gasteiger charge is -2.09. The van der Waals surface area contributed by atoms with Gasteiger partial charge in [-0.15, -0.1) is 0 Å². The first kappa shape index (κ1) is 13.8. The van der Waals surface area contributed by atoms with E-state index in [9.17, 15) is 9.59 Å². The largest absolute Gasteiger partial charge is 0.366 e. The molecule has 0 aliphatic carbocycles. The molecule has 0 unspecified atom stereocenters. The number of carbonyl (C=O) groups excluding carboxylic acids is 2. The molecule has 2 amide bonds. The molecule has 4 nitrogen and oxygen atoms in total. The Hall–Kier alpha value is -2.62. The van der Waals surface area contributed by atoms with E-state index in [0.717, 1.165) is 6.42 Å². The summed E-state index contributed by atoms with van der Waals surface area (Å²) in [5.41, 5.74) is 7.70. The van der Waals surface area contributed by atoms with Crippen molar-refractivity contribution in [3.8, 4) is 0 Å². The lowest BCUT2D eigenvalue weighted by Crippen LogP contribution is -2.18. The Labute approximate surface area is 117 Å². The van der Waals surface area contributed by atoms with Gasteiger partial charge in [0.25, 0.3) is 11.8 Å². The zero-order chi connectivity index (χ0) is 14.5. The molecule has 0 heterocycles. The molecule has 0 spiro atoms. The third kappa shape index (κ3) is 3.03. The zero-order valence-electron chi connectivity index (χ0n) is 11.2. The Balaban J connectivity index is 2.21. The first-order chi connectivity index (χ1) is 9.61. The van der Waals surface area contributed by atoms with Crippen molar-refractivity contribution >= 4 is 17.5 Å². The van der Waals surface area contributed by atoms with Crippen molar-refractivity contribution in [2.45, 2.75) is 13.3 Å². The minimum atomic E-state index is -0.567. The molecule has 0 radical (unpaired) electrons. The van der Waals surface area contributed by atoms with Crippen molar-refractivity contribution in [2.75, 3.05) is 5.32 Å². The molecule has 0 aromatic heterocycles. The van der Waals surface area contributed by atoms with Gasteiger partial charge in [0.15, 0.2) is 0 Å². The molecular weight excluding hydrogens is 252 g/mol. The fourth-order valence-corrected chi connectivity index (χ4v) is 1.89. The van der Waals surface area contributed by atoms with E-state index in [4.69, 9.17) is 5.73 Å². The molecule has 0 saturated heterocycles. The van der Waals surface area contributed by atoms with Gasteiger partial charge in [0.2, 0.25) is 0 Å². The van der Waals surface area contributed by atoms with Crippen LogP contribution in [0.2, 0.25) is 0 Å². The predicted molar refractivity (Wildman–Crippen MR) is 78.7 cm³/mol. The number of hydrogen-bond donors (Lipinski definition) is 2. The molecule has 0 aliphatic heterocycles. The van der Waals surface area contributed by atoms with Crippen LogP contribution in [0, 0.1) is 0 Å². The maximum absolute atomic E-state index is 12.1. The van der Waals surface area contributed by atoms with Gasteiger partial charge in [-0.3, -0.25) is 9.59 Å². The van der Waals surface area contributed by atoms with E-state index in [1.165, 1.54) is 5.56 Å². The second kappa shape index (κ2) is 6.02. The van der Waals surface area contributed by atoms with Crippen molar-refractivity contribution in [1.29, 1.82) is 0 Å². The van der Waals surface area contributed by atoms with Gasteiger partial charge in [-0.2, -0.15) is 0 Å². The van der Waals surface area contributed by atoms with E-state index in [-0.39, 0.29) is 5.91 Å². The summed E-state index contributed by atoms with van der Waals surface area (Å²) in [6, 6.07) is 14.0. The van der Waals surface area contributed by atoms with Crippen molar-refractivity contribution in [3.05, 3.63) is 65.2 Å². The fourth-order valence-electron chi connectivity index (χ4n) is 1.89. The smallest absolute Gasteiger partial charge is 0.255 e. The predicted octanol–water partition coefficient (Wildman–Crippen LogP) is 2.60. The van der Waals surface area contributed by atoms with Gasteiger partial charge in [0.05, 0.1) is 11.3 Å². The minimum absolute atomic E-state index is 0.263. The Morgan fingerprint density at radius 1 is 1.05 bits per heavy atom. The summed E-state index contributed by atoms with van der Waals surface area (Å²) in [5, 5.41) is 2.71. The molecule has 3 N–H and O–H groups in total. The second-order valence-electron chi connectivity index (χ2n) is 4.41. The normalized spacial score (nSPS) is 10.1. The Bertz CT molecular complexity index is 633. The third-order valence-electron chi connectivity index (χ3n) is 3.07. The summed E-state index contributed by atoms with van der Waals surface area (Å²) in [7, 11) is 0. The lowest BCUT2D eigenvalue weighted by atomic mass is 10.1. The molecule has 4 heteroatoms. The summed E-state index contributed by atoms with van der Waals surface area (Å²) >= 11 is 0. The first-order valence-electron chi connectivity index (χ1n) is 6.41. The van der Waals surface area contributed by atoms with Gasteiger partial charge < -0.3 is 11.1 Å². The maximum atomic E-state index is 12.1. The molecule has 0 bridgehead atoms. The number of carbonyl (C=O) groups is 2. The average molecular weight is 268 g/mol. The SMILES string of the molecule is CCc1ccc(C(=O)Nc2ccccc2C(N)=O)cc1.